The highest BCUT2D eigenvalue weighted by molar-refractivity contribution is 7.98. The van der Waals surface area contributed by atoms with Crippen LogP contribution in [0.25, 0.3) is 0 Å². The molecular weight excluding hydrogens is 299 g/mol. The maximum atomic E-state index is 13.5. The minimum Gasteiger partial charge on any atom is -0.507 e. The van der Waals surface area contributed by atoms with E-state index < -0.39 is 5.82 Å². The zero-order valence-electron chi connectivity index (χ0n) is 10.7. The normalized spacial score (nSPS) is 10.6. The third-order valence-electron chi connectivity index (χ3n) is 2.72. The molecule has 5 heteroatoms. The monoisotopic (exact) mass is 310 g/mol. The molecule has 104 valence electrons. The lowest BCUT2D eigenvalue weighted by molar-refractivity contribution is 0.101. The first kappa shape index (κ1) is 14.9. The molecule has 0 saturated heterocycles. The van der Waals surface area contributed by atoms with Gasteiger partial charge >= 0.3 is 0 Å². The smallest absolute Gasteiger partial charge is 0.163 e. The summed E-state index contributed by atoms with van der Waals surface area (Å²) in [5.74, 6) is -0.705. The summed E-state index contributed by atoms with van der Waals surface area (Å²) in [6, 6.07) is 9.52. The second-order valence-electron chi connectivity index (χ2n) is 4.26. The summed E-state index contributed by atoms with van der Waals surface area (Å²) < 4.78 is 13.5. The van der Waals surface area contributed by atoms with Crippen LogP contribution in [-0.4, -0.2) is 10.9 Å². The topological polar surface area (TPSA) is 37.3 Å². The summed E-state index contributed by atoms with van der Waals surface area (Å²) in [4.78, 5) is 12.2. The van der Waals surface area contributed by atoms with E-state index in [9.17, 15) is 14.3 Å². The Morgan fingerprint density at radius 2 is 2.10 bits per heavy atom. The van der Waals surface area contributed by atoms with E-state index in [4.69, 9.17) is 11.6 Å². The fraction of sp³-hybridized carbons (Fsp3) is 0.133. The van der Waals surface area contributed by atoms with Crippen LogP contribution in [0.2, 0.25) is 5.02 Å². The second kappa shape index (κ2) is 6.29. The van der Waals surface area contributed by atoms with Crippen LogP contribution in [0.3, 0.4) is 0 Å². The summed E-state index contributed by atoms with van der Waals surface area (Å²) in [6.07, 6.45) is 0. The fourth-order valence-corrected chi connectivity index (χ4v) is 2.93. The lowest BCUT2D eigenvalue weighted by Gasteiger charge is -2.08. The average Bonchev–Trinajstić information content (AvgIpc) is 2.39. The molecule has 0 fully saturated rings. The van der Waals surface area contributed by atoms with Gasteiger partial charge in [-0.15, -0.1) is 11.8 Å². The van der Waals surface area contributed by atoms with Gasteiger partial charge in [0.2, 0.25) is 0 Å². The largest absolute Gasteiger partial charge is 0.507 e. The Balaban J connectivity index is 2.23. The van der Waals surface area contributed by atoms with Crippen molar-refractivity contribution >= 4 is 29.1 Å². The van der Waals surface area contributed by atoms with Gasteiger partial charge in [0.1, 0.15) is 11.6 Å². The van der Waals surface area contributed by atoms with Crippen molar-refractivity contribution in [1.82, 2.24) is 0 Å². The van der Waals surface area contributed by atoms with Gasteiger partial charge in [-0.05, 0) is 37.3 Å². The van der Waals surface area contributed by atoms with Gasteiger partial charge in [0.05, 0.1) is 5.56 Å². The van der Waals surface area contributed by atoms with Crippen molar-refractivity contribution < 1.29 is 14.3 Å². The van der Waals surface area contributed by atoms with Crippen molar-refractivity contribution in [3.63, 3.8) is 0 Å². The van der Waals surface area contributed by atoms with E-state index in [1.54, 1.807) is 12.1 Å². The second-order valence-corrected chi connectivity index (χ2v) is 5.75. The predicted octanol–water partition coefficient (Wildman–Crippen LogP) is 4.68. The Bertz CT molecular complexity index is 658. The zero-order chi connectivity index (χ0) is 14.7. The van der Waals surface area contributed by atoms with E-state index in [2.05, 4.69) is 0 Å². The van der Waals surface area contributed by atoms with Crippen molar-refractivity contribution in [2.75, 3.05) is 0 Å². The first-order chi connectivity index (χ1) is 9.47. The van der Waals surface area contributed by atoms with Crippen molar-refractivity contribution in [3.8, 4) is 5.75 Å². The number of carbonyl (C=O) groups is 1. The lowest BCUT2D eigenvalue weighted by atomic mass is 10.1. The molecule has 0 aliphatic heterocycles. The third-order valence-corrected chi connectivity index (χ3v) is 4.00. The predicted molar refractivity (Wildman–Crippen MR) is 79.1 cm³/mol. The molecule has 0 aromatic heterocycles. The van der Waals surface area contributed by atoms with Crippen LogP contribution in [0.15, 0.2) is 41.3 Å². The van der Waals surface area contributed by atoms with Gasteiger partial charge in [-0.1, -0.05) is 17.7 Å². The number of phenolic OH excluding ortho intramolecular Hbond substituents is 1. The Morgan fingerprint density at radius 3 is 2.75 bits per heavy atom. The highest BCUT2D eigenvalue weighted by atomic mass is 35.5. The number of benzene rings is 2. The first-order valence-corrected chi connectivity index (χ1v) is 7.24. The molecule has 0 spiro atoms. The number of halogens is 2. The number of carbonyl (C=O) groups excluding carboxylic acids is 1. The quantitative estimate of drug-likeness (QED) is 0.658. The van der Waals surface area contributed by atoms with Gasteiger partial charge in [-0.25, -0.2) is 4.39 Å². The molecule has 1 N–H and O–H groups in total. The number of hydrogen-bond acceptors (Lipinski definition) is 3. The van der Waals surface area contributed by atoms with Crippen LogP contribution in [-0.2, 0) is 5.75 Å². The molecule has 0 atom stereocenters. The summed E-state index contributed by atoms with van der Waals surface area (Å²) in [7, 11) is 0. The lowest BCUT2D eigenvalue weighted by Crippen LogP contribution is -1.97. The van der Waals surface area contributed by atoms with E-state index >= 15 is 0 Å². The minimum absolute atomic E-state index is 0.00620. The maximum Gasteiger partial charge on any atom is 0.163 e. The highest BCUT2D eigenvalue weighted by Gasteiger charge is 2.13. The summed E-state index contributed by atoms with van der Waals surface area (Å²) in [6.45, 7) is 1.29. The van der Waals surface area contributed by atoms with E-state index in [0.717, 1.165) is 11.0 Å². The first-order valence-electron chi connectivity index (χ1n) is 5.88. The van der Waals surface area contributed by atoms with E-state index in [0.29, 0.717) is 16.3 Å². The third kappa shape index (κ3) is 3.52. The minimum atomic E-state index is -0.533. The van der Waals surface area contributed by atoms with Crippen LogP contribution in [0.5, 0.6) is 5.75 Å². The van der Waals surface area contributed by atoms with E-state index in [1.165, 1.54) is 24.8 Å². The van der Waals surface area contributed by atoms with Gasteiger partial charge in [-0.2, -0.15) is 0 Å². The van der Waals surface area contributed by atoms with Gasteiger partial charge in [0.25, 0.3) is 0 Å². The summed E-state index contributed by atoms with van der Waals surface area (Å²) >= 11 is 7.29. The molecule has 0 amide bonds. The SMILES string of the molecule is CC(=O)c1cc(F)cc(CSc2cccc(Cl)c2)c1O. The standard InChI is InChI=1S/C15H12ClFO2S/c1-9(18)14-7-12(17)5-10(15(14)19)8-20-13-4-2-3-11(16)6-13/h2-7,19H,8H2,1H3. The van der Waals surface area contributed by atoms with Gasteiger partial charge < -0.3 is 5.11 Å². The van der Waals surface area contributed by atoms with Crippen LogP contribution in [0.1, 0.15) is 22.8 Å². The van der Waals surface area contributed by atoms with Gasteiger partial charge in [0.15, 0.2) is 5.78 Å². The molecule has 0 aliphatic carbocycles. The summed E-state index contributed by atoms with van der Waals surface area (Å²) in [5.41, 5.74) is 0.395. The Labute approximate surface area is 125 Å². The molecule has 0 radical (unpaired) electrons. The number of ketones is 1. The molecule has 2 aromatic rings. The van der Waals surface area contributed by atoms with Crippen molar-refractivity contribution in [2.45, 2.75) is 17.6 Å². The Morgan fingerprint density at radius 1 is 1.35 bits per heavy atom. The van der Waals surface area contributed by atoms with E-state index in [-0.39, 0.29) is 17.1 Å². The van der Waals surface area contributed by atoms with Crippen molar-refractivity contribution in [3.05, 3.63) is 58.4 Å². The molecule has 0 bridgehead atoms. The molecule has 0 heterocycles. The van der Waals surface area contributed by atoms with Gasteiger partial charge in [-0.3, -0.25) is 4.79 Å². The molecule has 2 rings (SSSR count). The maximum absolute atomic E-state index is 13.5. The average molecular weight is 311 g/mol. The van der Waals surface area contributed by atoms with Gasteiger partial charge in [0, 0.05) is 21.2 Å². The molecule has 0 saturated carbocycles. The van der Waals surface area contributed by atoms with Crippen LogP contribution >= 0.6 is 23.4 Å². The summed E-state index contributed by atoms with van der Waals surface area (Å²) in [5, 5.41) is 10.6. The Hall–Kier alpha value is -1.52. The molecule has 2 aromatic carbocycles. The Kier molecular flexibility index (Phi) is 4.68. The molecule has 20 heavy (non-hydrogen) atoms. The molecular formula is C15H12ClFO2S. The number of rotatable bonds is 4. The molecule has 0 unspecified atom stereocenters. The number of Topliss-reactive ketones (excluding diaryl/α,β-unsaturated/α-hetero) is 1. The number of phenols is 1. The van der Waals surface area contributed by atoms with Crippen LogP contribution in [0.4, 0.5) is 4.39 Å². The molecule has 2 nitrogen and oxygen atoms in total. The number of thioether (sulfide) groups is 1. The van der Waals surface area contributed by atoms with Crippen LogP contribution in [0, 0.1) is 5.82 Å². The van der Waals surface area contributed by atoms with Crippen molar-refractivity contribution in [1.29, 1.82) is 0 Å². The fourth-order valence-electron chi connectivity index (χ4n) is 1.75. The van der Waals surface area contributed by atoms with Crippen LogP contribution < -0.4 is 0 Å². The number of aromatic hydroxyl groups is 1. The number of hydrogen-bond donors (Lipinski definition) is 1. The zero-order valence-corrected chi connectivity index (χ0v) is 12.3. The van der Waals surface area contributed by atoms with E-state index in [1.807, 2.05) is 12.1 Å². The highest BCUT2D eigenvalue weighted by Crippen LogP contribution is 2.31. The van der Waals surface area contributed by atoms with Crippen molar-refractivity contribution in [2.24, 2.45) is 0 Å². The molecule has 0 aliphatic rings.